The summed E-state index contributed by atoms with van der Waals surface area (Å²) < 4.78 is 0. The van der Waals surface area contributed by atoms with E-state index in [1.165, 1.54) is 5.56 Å². The molecule has 0 spiro atoms. The van der Waals surface area contributed by atoms with Gasteiger partial charge in [0, 0.05) is 11.1 Å². The van der Waals surface area contributed by atoms with Gasteiger partial charge in [0.15, 0.2) is 5.78 Å². The Morgan fingerprint density at radius 1 is 0.652 bits per heavy atom. The molecule has 0 aliphatic carbocycles. The minimum Gasteiger partial charge on any atom is -0.301 e. The predicted molar refractivity (Wildman–Crippen MR) is 94.7 cm³/mol. The van der Waals surface area contributed by atoms with E-state index in [9.17, 15) is 4.79 Å². The normalized spacial score (nSPS) is 10.1. The van der Waals surface area contributed by atoms with E-state index in [-0.39, 0.29) is 5.78 Å². The van der Waals surface area contributed by atoms with Gasteiger partial charge in [-0.2, -0.15) is 0 Å². The lowest BCUT2D eigenvalue weighted by Gasteiger charge is -2.10. The molecule has 0 radical (unpaired) electrons. The van der Waals surface area contributed by atoms with Crippen LogP contribution in [0.5, 0.6) is 0 Å². The van der Waals surface area contributed by atoms with Crippen LogP contribution >= 0.6 is 0 Å². The topological polar surface area (TPSA) is 41.1 Å². The SMILES string of the molecule is Cc1ccc(NNc2ccc(C(=O)c3ccccc3)cc2)cc1. The van der Waals surface area contributed by atoms with Crippen molar-refractivity contribution in [3.63, 3.8) is 0 Å². The van der Waals surface area contributed by atoms with Crippen molar-refractivity contribution < 1.29 is 4.79 Å². The van der Waals surface area contributed by atoms with Crippen LogP contribution in [-0.2, 0) is 0 Å². The number of aryl methyl sites for hydroxylation is 1. The first-order chi connectivity index (χ1) is 11.2. The van der Waals surface area contributed by atoms with Crippen molar-refractivity contribution >= 4 is 17.2 Å². The number of hydrazine groups is 1. The Hall–Kier alpha value is -3.07. The molecule has 114 valence electrons. The van der Waals surface area contributed by atoms with E-state index in [2.05, 4.69) is 17.8 Å². The molecule has 0 fully saturated rings. The minimum absolute atomic E-state index is 0.0312. The average Bonchev–Trinajstić information content (AvgIpc) is 2.62. The van der Waals surface area contributed by atoms with Crippen molar-refractivity contribution in [3.05, 3.63) is 95.6 Å². The summed E-state index contributed by atoms with van der Waals surface area (Å²) in [6, 6.07) is 24.8. The quantitative estimate of drug-likeness (QED) is 0.532. The van der Waals surface area contributed by atoms with Crippen LogP contribution in [0, 0.1) is 6.92 Å². The molecule has 0 aliphatic heterocycles. The molecule has 0 aromatic heterocycles. The lowest BCUT2D eigenvalue weighted by atomic mass is 10.0. The number of nitrogens with one attached hydrogen (secondary N) is 2. The molecule has 23 heavy (non-hydrogen) atoms. The first-order valence-electron chi connectivity index (χ1n) is 7.51. The van der Waals surface area contributed by atoms with Crippen LogP contribution < -0.4 is 10.9 Å². The van der Waals surface area contributed by atoms with E-state index in [0.29, 0.717) is 11.1 Å². The van der Waals surface area contributed by atoms with Gasteiger partial charge in [-0.15, -0.1) is 0 Å². The molecule has 0 atom stereocenters. The Labute approximate surface area is 136 Å². The van der Waals surface area contributed by atoms with Crippen LogP contribution in [0.2, 0.25) is 0 Å². The Balaban J connectivity index is 1.65. The van der Waals surface area contributed by atoms with Gasteiger partial charge < -0.3 is 10.9 Å². The number of rotatable bonds is 5. The molecule has 3 aromatic rings. The summed E-state index contributed by atoms with van der Waals surface area (Å²) in [4.78, 5) is 12.3. The highest BCUT2D eigenvalue weighted by molar-refractivity contribution is 6.09. The molecule has 0 saturated heterocycles. The van der Waals surface area contributed by atoms with Crippen LogP contribution in [0.4, 0.5) is 11.4 Å². The molecular formula is C20H18N2O. The average molecular weight is 302 g/mol. The molecule has 0 saturated carbocycles. The zero-order valence-corrected chi connectivity index (χ0v) is 12.9. The van der Waals surface area contributed by atoms with E-state index in [4.69, 9.17) is 0 Å². The van der Waals surface area contributed by atoms with Gasteiger partial charge in [-0.1, -0.05) is 48.0 Å². The van der Waals surface area contributed by atoms with Crippen LogP contribution in [0.1, 0.15) is 21.5 Å². The van der Waals surface area contributed by atoms with Gasteiger partial charge in [-0.25, -0.2) is 0 Å². The van der Waals surface area contributed by atoms with Crippen molar-refractivity contribution in [1.29, 1.82) is 0 Å². The van der Waals surface area contributed by atoms with E-state index in [0.717, 1.165) is 11.4 Å². The van der Waals surface area contributed by atoms with Gasteiger partial charge in [-0.05, 0) is 43.3 Å². The molecule has 0 aliphatic rings. The molecular weight excluding hydrogens is 284 g/mol. The number of carbonyl (C=O) groups is 1. The van der Waals surface area contributed by atoms with Crippen molar-refractivity contribution in [1.82, 2.24) is 0 Å². The Morgan fingerprint density at radius 3 is 1.70 bits per heavy atom. The molecule has 3 rings (SSSR count). The fourth-order valence-corrected chi connectivity index (χ4v) is 2.24. The zero-order chi connectivity index (χ0) is 16.1. The molecule has 0 bridgehead atoms. The van der Waals surface area contributed by atoms with Crippen molar-refractivity contribution in [2.24, 2.45) is 0 Å². The van der Waals surface area contributed by atoms with Gasteiger partial charge in [0.1, 0.15) is 0 Å². The van der Waals surface area contributed by atoms with Gasteiger partial charge in [0.2, 0.25) is 0 Å². The Morgan fingerprint density at radius 2 is 1.13 bits per heavy atom. The third kappa shape index (κ3) is 3.77. The highest BCUT2D eigenvalue weighted by Gasteiger charge is 2.07. The first kappa shape index (κ1) is 14.9. The highest BCUT2D eigenvalue weighted by Crippen LogP contribution is 2.15. The second-order valence-corrected chi connectivity index (χ2v) is 5.39. The molecule has 2 N–H and O–H groups in total. The van der Waals surface area contributed by atoms with E-state index in [1.54, 1.807) is 0 Å². The predicted octanol–water partition coefficient (Wildman–Crippen LogP) is 4.67. The number of ketones is 1. The van der Waals surface area contributed by atoms with Crippen molar-refractivity contribution in [3.8, 4) is 0 Å². The second-order valence-electron chi connectivity index (χ2n) is 5.39. The first-order valence-corrected chi connectivity index (χ1v) is 7.51. The second kappa shape index (κ2) is 6.79. The maximum absolute atomic E-state index is 12.3. The fourth-order valence-electron chi connectivity index (χ4n) is 2.24. The summed E-state index contributed by atoms with van der Waals surface area (Å²) in [5.74, 6) is 0.0312. The molecule has 3 nitrogen and oxygen atoms in total. The third-order valence-corrected chi connectivity index (χ3v) is 3.59. The Bertz CT molecular complexity index is 778. The summed E-state index contributed by atoms with van der Waals surface area (Å²) in [5.41, 5.74) is 10.7. The van der Waals surface area contributed by atoms with Gasteiger partial charge in [-0.3, -0.25) is 4.79 Å². The number of hydrogen-bond donors (Lipinski definition) is 2. The highest BCUT2D eigenvalue weighted by atomic mass is 16.1. The lowest BCUT2D eigenvalue weighted by molar-refractivity contribution is 0.103. The summed E-state index contributed by atoms with van der Waals surface area (Å²) in [5, 5.41) is 0. The van der Waals surface area contributed by atoms with Crippen LogP contribution in [0.3, 0.4) is 0 Å². The van der Waals surface area contributed by atoms with Gasteiger partial charge in [0.25, 0.3) is 0 Å². The number of benzene rings is 3. The standard InChI is InChI=1S/C20H18N2O/c1-15-7-11-18(12-8-15)21-22-19-13-9-17(10-14-19)20(23)16-5-3-2-4-6-16/h2-14,21-22H,1H3. The van der Waals surface area contributed by atoms with Gasteiger partial charge in [0.05, 0.1) is 11.4 Å². The lowest BCUT2D eigenvalue weighted by Crippen LogP contribution is -2.09. The minimum atomic E-state index is 0.0312. The molecule has 3 aromatic carbocycles. The third-order valence-electron chi connectivity index (χ3n) is 3.59. The van der Waals surface area contributed by atoms with Crippen LogP contribution in [0.15, 0.2) is 78.9 Å². The van der Waals surface area contributed by atoms with E-state index >= 15 is 0 Å². The Kier molecular flexibility index (Phi) is 4.39. The fraction of sp³-hybridized carbons (Fsp3) is 0.0500. The molecule has 0 unspecified atom stereocenters. The molecule has 0 amide bonds. The van der Waals surface area contributed by atoms with Crippen LogP contribution in [0.25, 0.3) is 0 Å². The summed E-state index contributed by atoms with van der Waals surface area (Å²) >= 11 is 0. The van der Waals surface area contributed by atoms with Crippen molar-refractivity contribution in [2.45, 2.75) is 6.92 Å². The van der Waals surface area contributed by atoms with Crippen LogP contribution in [-0.4, -0.2) is 5.78 Å². The van der Waals surface area contributed by atoms with Gasteiger partial charge >= 0.3 is 0 Å². The van der Waals surface area contributed by atoms with Crippen molar-refractivity contribution in [2.75, 3.05) is 10.9 Å². The molecule has 0 heterocycles. The van der Waals surface area contributed by atoms with E-state index < -0.39 is 0 Å². The monoisotopic (exact) mass is 302 g/mol. The maximum atomic E-state index is 12.3. The summed E-state index contributed by atoms with van der Waals surface area (Å²) in [6.07, 6.45) is 0. The smallest absolute Gasteiger partial charge is 0.193 e. The summed E-state index contributed by atoms with van der Waals surface area (Å²) in [6.45, 7) is 2.06. The zero-order valence-electron chi connectivity index (χ0n) is 12.9. The molecule has 3 heteroatoms. The number of anilines is 2. The number of hydrogen-bond acceptors (Lipinski definition) is 3. The number of carbonyl (C=O) groups excluding carboxylic acids is 1. The summed E-state index contributed by atoms with van der Waals surface area (Å²) in [7, 11) is 0. The van der Waals surface area contributed by atoms with E-state index in [1.807, 2.05) is 78.9 Å². The maximum Gasteiger partial charge on any atom is 0.193 e. The largest absolute Gasteiger partial charge is 0.301 e.